The molecule has 0 bridgehead atoms. The lowest BCUT2D eigenvalue weighted by Gasteiger charge is -2.35. The number of hydrogen-bond acceptors (Lipinski definition) is 4. The minimum atomic E-state index is 0.0353. The van der Waals surface area contributed by atoms with E-state index in [-0.39, 0.29) is 5.91 Å². The molecule has 3 aromatic heterocycles. The summed E-state index contributed by atoms with van der Waals surface area (Å²) < 4.78 is 2.81. The number of anilines is 1. The van der Waals surface area contributed by atoms with E-state index in [2.05, 4.69) is 30.8 Å². The van der Waals surface area contributed by atoms with Gasteiger partial charge in [0.25, 0.3) is 5.91 Å². The van der Waals surface area contributed by atoms with Crippen LogP contribution in [0.15, 0.2) is 41.1 Å². The summed E-state index contributed by atoms with van der Waals surface area (Å²) in [6.07, 6.45) is 3.77. The molecule has 0 atom stereocenters. The zero-order chi connectivity index (χ0) is 18.3. The Kier molecular flexibility index (Phi) is 4.40. The number of carbonyl (C=O) groups excluding carboxylic acids is 1. The van der Waals surface area contributed by atoms with Crippen molar-refractivity contribution in [2.45, 2.75) is 13.8 Å². The van der Waals surface area contributed by atoms with Crippen molar-refractivity contribution in [2.24, 2.45) is 0 Å². The van der Waals surface area contributed by atoms with Crippen molar-refractivity contribution < 1.29 is 4.79 Å². The molecule has 1 amide bonds. The number of imidazole rings is 1. The molecule has 0 saturated carbocycles. The highest BCUT2D eigenvalue weighted by molar-refractivity contribution is 9.10. The lowest BCUT2D eigenvalue weighted by Crippen LogP contribution is -2.49. The van der Waals surface area contributed by atoms with E-state index in [1.165, 1.54) is 0 Å². The van der Waals surface area contributed by atoms with Gasteiger partial charge in [0.1, 0.15) is 11.5 Å². The van der Waals surface area contributed by atoms with E-state index in [9.17, 15) is 4.79 Å². The molecule has 0 aromatic carbocycles. The monoisotopic (exact) mass is 413 g/mol. The van der Waals surface area contributed by atoms with Crippen LogP contribution in [-0.2, 0) is 0 Å². The van der Waals surface area contributed by atoms with Gasteiger partial charge in [-0.15, -0.1) is 0 Å². The second kappa shape index (κ2) is 6.72. The van der Waals surface area contributed by atoms with Gasteiger partial charge in [0.2, 0.25) is 0 Å². The van der Waals surface area contributed by atoms with E-state index >= 15 is 0 Å². The first-order chi connectivity index (χ1) is 12.5. The van der Waals surface area contributed by atoms with Gasteiger partial charge in [-0.05, 0) is 53.5 Å². The number of amides is 1. The summed E-state index contributed by atoms with van der Waals surface area (Å²) in [6.45, 7) is 6.82. The summed E-state index contributed by atoms with van der Waals surface area (Å²) in [5, 5.41) is 0. The van der Waals surface area contributed by atoms with Gasteiger partial charge < -0.3 is 9.80 Å². The highest BCUT2D eigenvalue weighted by atomic mass is 79.9. The lowest BCUT2D eigenvalue weighted by atomic mass is 10.2. The Labute approximate surface area is 160 Å². The molecule has 1 aliphatic rings. The van der Waals surface area contributed by atoms with Crippen LogP contribution in [0.1, 0.15) is 21.7 Å². The molecular formula is C19H20BrN5O. The van der Waals surface area contributed by atoms with Crippen molar-refractivity contribution in [2.75, 3.05) is 31.1 Å². The zero-order valence-electron chi connectivity index (χ0n) is 14.8. The molecule has 0 radical (unpaired) electrons. The average Bonchev–Trinajstić information content (AvgIpc) is 2.98. The van der Waals surface area contributed by atoms with Crippen LogP contribution < -0.4 is 4.90 Å². The first-order valence-corrected chi connectivity index (χ1v) is 9.44. The third-order valence-electron chi connectivity index (χ3n) is 4.73. The number of rotatable bonds is 2. The van der Waals surface area contributed by atoms with Gasteiger partial charge in [-0.3, -0.25) is 9.20 Å². The van der Waals surface area contributed by atoms with E-state index in [0.717, 1.165) is 40.3 Å². The maximum atomic E-state index is 13.2. The first-order valence-electron chi connectivity index (χ1n) is 8.64. The normalized spacial score (nSPS) is 14.9. The van der Waals surface area contributed by atoms with E-state index in [0.29, 0.717) is 18.8 Å². The highest BCUT2D eigenvalue weighted by Gasteiger charge is 2.27. The Morgan fingerprint density at radius 2 is 1.92 bits per heavy atom. The molecule has 26 heavy (non-hydrogen) atoms. The number of pyridine rings is 2. The molecule has 0 spiro atoms. The number of piperazine rings is 1. The molecule has 1 fully saturated rings. The predicted molar refractivity (Wildman–Crippen MR) is 105 cm³/mol. The quantitative estimate of drug-likeness (QED) is 0.647. The maximum absolute atomic E-state index is 13.2. The zero-order valence-corrected chi connectivity index (χ0v) is 16.4. The number of aryl methyl sites for hydroxylation is 2. The van der Waals surface area contributed by atoms with E-state index in [4.69, 9.17) is 0 Å². The van der Waals surface area contributed by atoms with Gasteiger partial charge in [0.05, 0.1) is 10.2 Å². The van der Waals surface area contributed by atoms with Crippen LogP contribution in [-0.4, -0.2) is 51.4 Å². The molecule has 0 unspecified atom stereocenters. The van der Waals surface area contributed by atoms with E-state index in [1.807, 2.05) is 53.6 Å². The first kappa shape index (κ1) is 17.0. The molecule has 4 heterocycles. The topological polar surface area (TPSA) is 53.7 Å². The third-order valence-corrected chi connectivity index (χ3v) is 5.31. The van der Waals surface area contributed by atoms with Crippen molar-refractivity contribution in [3.05, 3.63) is 58.1 Å². The van der Waals surface area contributed by atoms with Crippen molar-refractivity contribution in [3.63, 3.8) is 0 Å². The van der Waals surface area contributed by atoms with Gasteiger partial charge in [-0.2, -0.15) is 0 Å². The molecule has 1 aliphatic heterocycles. The van der Waals surface area contributed by atoms with Gasteiger partial charge in [0.15, 0.2) is 5.65 Å². The number of halogens is 1. The summed E-state index contributed by atoms with van der Waals surface area (Å²) in [5.74, 6) is 0.998. The highest BCUT2D eigenvalue weighted by Crippen LogP contribution is 2.24. The van der Waals surface area contributed by atoms with Crippen LogP contribution in [0.3, 0.4) is 0 Å². The Morgan fingerprint density at radius 1 is 1.15 bits per heavy atom. The Morgan fingerprint density at radius 3 is 2.62 bits per heavy atom. The SMILES string of the molecule is Cc1cc(Br)c2nc(C)c(C(=O)N3CCN(c4ccccn4)CC3)n2c1. The number of carbonyl (C=O) groups is 1. The van der Waals surface area contributed by atoms with Crippen molar-refractivity contribution >= 4 is 33.3 Å². The Bertz CT molecular complexity index is 961. The summed E-state index contributed by atoms with van der Waals surface area (Å²) in [4.78, 5) is 26.3. The largest absolute Gasteiger partial charge is 0.353 e. The fraction of sp³-hybridized carbons (Fsp3) is 0.316. The summed E-state index contributed by atoms with van der Waals surface area (Å²) in [7, 11) is 0. The molecule has 1 saturated heterocycles. The summed E-state index contributed by atoms with van der Waals surface area (Å²) >= 11 is 3.55. The number of nitrogens with zero attached hydrogens (tertiary/aromatic N) is 5. The van der Waals surface area contributed by atoms with E-state index < -0.39 is 0 Å². The van der Waals surface area contributed by atoms with Gasteiger partial charge >= 0.3 is 0 Å². The number of aromatic nitrogens is 3. The number of hydrogen-bond donors (Lipinski definition) is 0. The van der Waals surface area contributed by atoms with Gasteiger partial charge in [-0.1, -0.05) is 6.07 Å². The minimum Gasteiger partial charge on any atom is -0.353 e. The fourth-order valence-corrected chi connectivity index (χ4v) is 4.07. The molecule has 0 N–H and O–H groups in total. The molecule has 134 valence electrons. The smallest absolute Gasteiger partial charge is 0.272 e. The van der Waals surface area contributed by atoms with Crippen molar-refractivity contribution in [1.82, 2.24) is 19.3 Å². The van der Waals surface area contributed by atoms with Gasteiger partial charge in [0, 0.05) is 38.6 Å². The number of fused-ring (bicyclic) bond motifs is 1. The van der Waals surface area contributed by atoms with Gasteiger partial charge in [-0.25, -0.2) is 9.97 Å². The third kappa shape index (κ3) is 2.96. The summed E-state index contributed by atoms with van der Waals surface area (Å²) in [6, 6.07) is 7.92. The van der Waals surface area contributed by atoms with Crippen LogP contribution in [0, 0.1) is 13.8 Å². The van der Waals surface area contributed by atoms with Crippen molar-refractivity contribution in [3.8, 4) is 0 Å². The van der Waals surface area contributed by atoms with Crippen LogP contribution >= 0.6 is 15.9 Å². The molecule has 7 heteroatoms. The Balaban J connectivity index is 1.58. The fourth-order valence-electron chi connectivity index (χ4n) is 3.43. The summed E-state index contributed by atoms with van der Waals surface area (Å²) in [5.41, 5.74) is 3.27. The van der Waals surface area contributed by atoms with Crippen molar-refractivity contribution in [1.29, 1.82) is 0 Å². The molecule has 4 rings (SSSR count). The lowest BCUT2D eigenvalue weighted by molar-refractivity contribution is 0.0738. The molecule has 6 nitrogen and oxygen atoms in total. The Hall–Kier alpha value is -2.41. The van der Waals surface area contributed by atoms with Crippen LogP contribution in [0.5, 0.6) is 0 Å². The van der Waals surface area contributed by atoms with Crippen LogP contribution in [0.2, 0.25) is 0 Å². The van der Waals surface area contributed by atoms with Crippen LogP contribution in [0.4, 0.5) is 5.82 Å². The average molecular weight is 414 g/mol. The van der Waals surface area contributed by atoms with Crippen LogP contribution in [0.25, 0.3) is 5.65 Å². The molecule has 3 aromatic rings. The second-order valence-corrected chi connectivity index (χ2v) is 7.43. The van der Waals surface area contributed by atoms with E-state index in [1.54, 1.807) is 6.20 Å². The maximum Gasteiger partial charge on any atom is 0.272 e. The molecular weight excluding hydrogens is 394 g/mol. The molecule has 0 aliphatic carbocycles. The second-order valence-electron chi connectivity index (χ2n) is 6.57. The predicted octanol–water partition coefficient (Wildman–Crippen LogP) is 3.07. The minimum absolute atomic E-state index is 0.0353. The standard InChI is InChI=1S/C19H20BrN5O/c1-13-11-15(20)18-22-14(2)17(25(18)12-13)19(26)24-9-7-23(8-10-24)16-5-3-4-6-21-16/h3-6,11-12H,7-10H2,1-2H3.